The van der Waals surface area contributed by atoms with Crippen molar-refractivity contribution in [2.45, 2.75) is 63.8 Å². The molecule has 0 aliphatic heterocycles. The van der Waals surface area contributed by atoms with Gasteiger partial charge in [-0.15, -0.1) is 0 Å². The molecule has 0 unspecified atom stereocenters. The zero-order valence-electron chi connectivity index (χ0n) is 10.6. The molecule has 2 fully saturated rings. The van der Waals surface area contributed by atoms with Crippen LogP contribution in [0.4, 0.5) is 0 Å². The number of carbonyl (C=O) groups excluding carboxylic acids is 1. The van der Waals surface area contributed by atoms with E-state index < -0.39 is 0 Å². The van der Waals surface area contributed by atoms with Crippen molar-refractivity contribution in [2.75, 3.05) is 13.6 Å². The fourth-order valence-corrected chi connectivity index (χ4v) is 3.27. The third kappa shape index (κ3) is 3.07. The van der Waals surface area contributed by atoms with Crippen LogP contribution in [0.3, 0.4) is 0 Å². The summed E-state index contributed by atoms with van der Waals surface area (Å²) in [5.74, 6) is 0.900. The molecule has 0 aromatic carbocycles. The third-order valence-corrected chi connectivity index (χ3v) is 4.41. The van der Waals surface area contributed by atoms with Gasteiger partial charge in [-0.3, -0.25) is 9.69 Å². The lowest BCUT2D eigenvalue weighted by molar-refractivity contribution is -0.124. The fourth-order valence-electron chi connectivity index (χ4n) is 3.27. The first-order valence-electron chi connectivity index (χ1n) is 7.00. The summed E-state index contributed by atoms with van der Waals surface area (Å²) >= 11 is 0. The smallest absolute Gasteiger partial charge is 0.149 e. The number of hydrogen-bond donors (Lipinski definition) is 0. The van der Waals surface area contributed by atoms with Gasteiger partial charge < -0.3 is 0 Å². The topological polar surface area (TPSA) is 20.3 Å². The standard InChI is InChI=1S/C14H25NO/c1-15(13-9-3-2-4-10-13)11-14(16)12-7-5-6-8-12/h12-13H,2-11H2,1H3. The summed E-state index contributed by atoms with van der Waals surface area (Å²) in [5.41, 5.74) is 0. The first-order valence-corrected chi connectivity index (χ1v) is 7.00. The van der Waals surface area contributed by atoms with Gasteiger partial charge in [-0.05, 0) is 32.7 Å². The van der Waals surface area contributed by atoms with E-state index in [0.29, 0.717) is 24.3 Å². The van der Waals surface area contributed by atoms with E-state index in [9.17, 15) is 4.79 Å². The highest BCUT2D eigenvalue weighted by Crippen LogP contribution is 2.27. The average Bonchev–Trinajstić information content (AvgIpc) is 2.83. The van der Waals surface area contributed by atoms with Crippen molar-refractivity contribution in [3.05, 3.63) is 0 Å². The largest absolute Gasteiger partial charge is 0.298 e. The van der Waals surface area contributed by atoms with Crippen molar-refractivity contribution in [3.63, 3.8) is 0 Å². The van der Waals surface area contributed by atoms with Crippen LogP contribution in [0, 0.1) is 5.92 Å². The SMILES string of the molecule is CN(CC(=O)C1CCCC1)C1CCCCC1. The maximum Gasteiger partial charge on any atom is 0.149 e. The van der Waals surface area contributed by atoms with Gasteiger partial charge in [0.1, 0.15) is 5.78 Å². The van der Waals surface area contributed by atoms with E-state index >= 15 is 0 Å². The number of nitrogens with zero attached hydrogens (tertiary/aromatic N) is 1. The van der Waals surface area contributed by atoms with Gasteiger partial charge in [0.2, 0.25) is 0 Å². The minimum atomic E-state index is 0.394. The van der Waals surface area contributed by atoms with Crippen molar-refractivity contribution in [1.82, 2.24) is 4.90 Å². The number of carbonyl (C=O) groups is 1. The number of rotatable bonds is 4. The molecule has 0 atom stereocenters. The van der Waals surface area contributed by atoms with Crippen molar-refractivity contribution in [3.8, 4) is 0 Å². The summed E-state index contributed by atoms with van der Waals surface area (Å²) in [6.45, 7) is 0.704. The lowest BCUT2D eigenvalue weighted by Gasteiger charge is -2.31. The Hall–Kier alpha value is -0.370. The van der Waals surface area contributed by atoms with Gasteiger partial charge in [0.15, 0.2) is 0 Å². The number of hydrogen-bond acceptors (Lipinski definition) is 2. The summed E-state index contributed by atoms with van der Waals surface area (Å²) in [6.07, 6.45) is 11.5. The van der Waals surface area contributed by atoms with Crippen LogP contribution in [0.15, 0.2) is 0 Å². The molecule has 0 aromatic rings. The van der Waals surface area contributed by atoms with E-state index in [-0.39, 0.29) is 0 Å². The van der Waals surface area contributed by atoms with Gasteiger partial charge in [0, 0.05) is 12.0 Å². The van der Waals surface area contributed by atoms with Crippen molar-refractivity contribution in [2.24, 2.45) is 5.92 Å². The molecule has 2 nitrogen and oxygen atoms in total. The monoisotopic (exact) mass is 223 g/mol. The fraction of sp³-hybridized carbons (Fsp3) is 0.929. The van der Waals surface area contributed by atoms with Crippen LogP contribution in [0.1, 0.15) is 57.8 Å². The Balaban J connectivity index is 1.76. The Morgan fingerprint density at radius 3 is 2.19 bits per heavy atom. The predicted molar refractivity (Wildman–Crippen MR) is 66.5 cm³/mol. The van der Waals surface area contributed by atoms with Gasteiger partial charge in [-0.1, -0.05) is 32.1 Å². The second-order valence-corrected chi connectivity index (χ2v) is 5.65. The lowest BCUT2D eigenvalue weighted by atomic mass is 9.93. The minimum absolute atomic E-state index is 0.394. The number of likely N-dealkylation sites (N-methyl/N-ethyl adjacent to an activating group) is 1. The second kappa shape index (κ2) is 5.81. The minimum Gasteiger partial charge on any atom is -0.298 e. The molecular weight excluding hydrogens is 198 g/mol. The molecule has 0 N–H and O–H groups in total. The average molecular weight is 223 g/mol. The van der Waals surface area contributed by atoms with E-state index in [0.717, 1.165) is 12.8 Å². The van der Waals surface area contributed by atoms with E-state index in [4.69, 9.17) is 0 Å². The highest BCUT2D eigenvalue weighted by atomic mass is 16.1. The van der Waals surface area contributed by atoms with Crippen LogP contribution in [0.25, 0.3) is 0 Å². The number of ketones is 1. The molecule has 2 saturated carbocycles. The molecule has 2 aliphatic rings. The van der Waals surface area contributed by atoms with Crippen LogP contribution in [-0.4, -0.2) is 30.3 Å². The second-order valence-electron chi connectivity index (χ2n) is 5.65. The van der Waals surface area contributed by atoms with E-state index in [1.807, 2.05) is 0 Å². The molecule has 16 heavy (non-hydrogen) atoms. The van der Waals surface area contributed by atoms with Crippen LogP contribution in [-0.2, 0) is 4.79 Å². The molecule has 0 aromatic heterocycles. The molecule has 0 heterocycles. The Labute approximate surface area is 99.4 Å². The lowest BCUT2D eigenvalue weighted by Crippen LogP contribution is -2.38. The number of Topliss-reactive ketones (excluding diaryl/α,β-unsaturated/α-hetero) is 1. The molecule has 0 amide bonds. The Kier molecular flexibility index (Phi) is 4.39. The Morgan fingerprint density at radius 2 is 1.56 bits per heavy atom. The Morgan fingerprint density at radius 1 is 1.00 bits per heavy atom. The molecule has 0 radical (unpaired) electrons. The van der Waals surface area contributed by atoms with Crippen LogP contribution < -0.4 is 0 Å². The van der Waals surface area contributed by atoms with Crippen molar-refractivity contribution in [1.29, 1.82) is 0 Å². The van der Waals surface area contributed by atoms with Gasteiger partial charge >= 0.3 is 0 Å². The summed E-state index contributed by atoms with van der Waals surface area (Å²) in [7, 11) is 2.14. The maximum atomic E-state index is 12.1. The van der Waals surface area contributed by atoms with Crippen molar-refractivity contribution < 1.29 is 4.79 Å². The van der Waals surface area contributed by atoms with Gasteiger partial charge in [0.25, 0.3) is 0 Å². The highest BCUT2D eigenvalue weighted by molar-refractivity contribution is 5.83. The molecule has 92 valence electrons. The first-order chi connectivity index (χ1) is 7.77. The molecular formula is C14H25NO. The predicted octanol–water partition coefficient (Wildman–Crippen LogP) is 3.01. The summed E-state index contributed by atoms with van der Waals surface area (Å²) in [4.78, 5) is 14.4. The van der Waals surface area contributed by atoms with Gasteiger partial charge in [0.05, 0.1) is 6.54 Å². The third-order valence-electron chi connectivity index (χ3n) is 4.41. The van der Waals surface area contributed by atoms with Gasteiger partial charge in [-0.25, -0.2) is 0 Å². The van der Waals surface area contributed by atoms with E-state index in [1.165, 1.54) is 44.9 Å². The van der Waals surface area contributed by atoms with Crippen LogP contribution in [0.5, 0.6) is 0 Å². The Bertz CT molecular complexity index is 227. The van der Waals surface area contributed by atoms with E-state index in [2.05, 4.69) is 11.9 Å². The molecule has 2 aliphatic carbocycles. The van der Waals surface area contributed by atoms with E-state index in [1.54, 1.807) is 0 Å². The molecule has 0 saturated heterocycles. The maximum absolute atomic E-state index is 12.1. The summed E-state index contributed by atoms with van der Waals surface area (Å²) in [5, 5.41) is 0. The molecule has 2 rings (SSSR count). The van der Waals surface area contributed by atoms with Crippen LogP contribution in [0.2, 0.25) is 0 Å². The zero-order valence-corrected chi connectivity index (χ0v) is 10.6. The molecule has 2 heteroatoms. The zero-order chi connectivity index (χ0) is 11.4. The summed E-state index contributed by atoms with van der Waals surface area (Å²) in [6, 6.07) is 0.680. The summed E-state index contributed by atoms with van der Waals surface area (Å²) < 4.78 is 0. The van der Waals surface area contributed by atoms with Crippen molar-refractivity contribution >= 4 is 5.78 Å². The first kappa shape index (κ1) is 12.1. The quantitative estimate of drug-likeness (QED) is 0.730. The highest BCUT2D eigenvalue weighted by Gasteiger charge is 2.26. The van der Waals surface area contributed by atoms with Gasteiger partial charge in [-0.2, -0.15) is 0 Å². The van der Waals surface area contributed by atoms with Crippen LogP contribution >= 0.6 is 0 Å². The normalized spacial score (nSPS) is 24.1. The molecule has 0 spiro atoms. The molecule has 0 bridgehead atoms.